The molecule has 0 radical (unpaired) electrons. The van der Waals surface area contributed by atoms with Crippen LogP contribution >= 0.6 is 0 Å². The number of carbonyl (C=O) groups is 3. The zero-order valence-electron chi connectivity index (χ0n) is 14.8. The zero-order valence-corrected chi connectivity index (χ0v) is 14.8. The molecular formula is C19H25N3O4. The summed E-state index contributed by atoms with van der Waals surface area (Å²) < 4.78 is 5.30. The van der Waals surface area contributed by atoms with Gasteiger partial charge in [0.2, 0.25) is 5.91 Å². The van der Waals surface area contributed by atoms with E-state index in [0.29, 0.717) is 18.9 Å². The number of urea groups is 1. The number of benzene rings is 1. The minimum Gasteiger partial charge on any atom is -0.381 e. The number of nitrogens with zero attached hydrogens (tertiary/aromatic N) is 1. The van der Waals surface area contributed by atoms with Crippen molar-refractivity contribution in [2.45, 2.75) is 38.3 Å². The van der Waals surface area contributed by atoms with Gasteiger partial charge >= 0.3 is 6.03 Å². The van der Waals surface area contributed by atoms with Gasteiger partial charge in [-0.3, -0.25) is 14.5 Å². The van der Waals surface area contributed by atoms with E-state index >= 15 is 0 Å². The lowest BCUT2D eigenvalue weighted by Gasteiger charge is -2.22. The fourth-order valence-corrected chi connectivity index (χ4v) is 3.26. The van der Waals surface area contributed by atoms with Crippen LogP contribution in [-0.4, -0.2) is 48.5 Å². The Hall–Kier alpha value is -2.41. The number of amides is 4. The standard InChI is InChI=1S/C19H25N3O4/c23-17(20-12-14-8-10-26-11-9-14)7-6-16-18(24)22(19(25)21-16)13-15-4-2-1-3-5-15/h1-5,14,16H,6-13H2,(H,20,23)(H,21,25). The third-order valence-electron chi connectivity index (χ3n) is 4.88. The number of rotatable bonds is 7. The Bertz CT molecular complexity index is 643. The van der Waals surface area contributed by atoms with Gasteiger partial charge in [0.25, 0.3) is 5.91 Å². The molecule has 2 heterocycles. The molecule has 0 spiro atoms. The second kappa shape index (κ2) is 8.80. The summed E-state index contributed by atoms with van der Waals surface area (Å²) >= 11 is 0. The lowest BCUT2D eigenvalue weighted by atomic mass is 10.0. The zero-order chi connectivity index (χ0) is 18.4. The van der Waals surface area contributed by atoms with Crippen LogP contribution in [0.25, 0.3) is 0 Å². The van der Waals surface area contributed by atoms with Crippen LogP contribution in [0.4, 0.5) is 4.79 Å². The molecule has 0 aliphatic carbocycles. The number of ether oxygens (including phenoxy) is 1. The monoisotopic (exact) mass is 359 g/mol. The van der Waals surface area contributed by atoms with Crippen molar-refractivity contribution in [2.24, 2.45) is 5.92 Å². The van der Waals surface area contributed by atoms with Crippen molar-refractivity contribution in [2.75, 3.05) is 19.8 Å². The maximum Gasteiger partial charge on any atom is 0.325 e. The van der Waals surface area contributed by atoms with Crippen molar-refractivity contribution >= 4 is 17.8 Å². The van der Waals surface area contributed by atoms with E-state index in [1.54, 1.807) is 0 Å². The number of hydrogen-bond acceptors (Lipinski definition) is 4. The van der Waals surface area contributed by atoms with Crippen LogP contribution in [0.2, 0.25) is 0 Å². The first-order chi connectivity index (χ1) is 12.6. The highest BCUT2D eigenvalue weighted by atomic mass is 16.5. The fraction of sp³-hybridized carbons (Fsp3) is 0.526. The molecular weight excluding hydrogens is 334 g/mol. The van der Waals surface area contributed by atoms with Gasteiger partial charge < -0.3 is 15.4 Å². The van der Waals surface area contributed by atoms with Gasteiger partial charge in [-0.25, -0.2) is 4.79 Å². The summed E-state index contributed by atoms with van der Waals surface area (Å²) in [5.41, 5.74) is 0.894. The van der Waals surface area contributed by atoms with Gasteiger partial charge in [-0.2, -0.15) is 0 Å². The van der Waals surface area contributed by atoms with Crippen LogP contribution in [0.3, 0.4) is 0 Å². The molecule has 1 aromatic carbocycles. The summed E-state index contributed by atoms with van der Waals surface area (Å²) in [7, 11) is 0. The Labute approximate surface area is 153 Å². The first-order valence-electron chi connectivity index (χ1n) is 9.13. The molecule has 1 aromatic rings. The van der Waals surface area contributed by atoms with Gasteiger partial charge in [0.05, 0.1) is 6.54 Å². The Morgan fingerprint density at radius 2 is 1.92 bits per heavy atom. The minimum absolute atomic E-state index is 0.0833. The summed E-state index contributed by atoms with van der Waals surface area (Å²) in [5, 5.41) is 5.60. The van der Waals surface area contributed by atoms with Crippen LogP contribution in [0.1, 0.15) is 31.2 Å². The highest BCUT2D eigenvalue weighted by Gasteiger charge is 2.37. The number of hydrogen-bond donors (Lipinski definition) is 2. The third kappa shape index (κ3) is 4.82. The SMILES string of the molecule is O=C(CCC1NC(=O)N(Cc2ccccc2)C1=O)NCC1CCOCC1. The second-order valence-corrected chi connectivity index (χ2v) is 6.81. The molecule has 2 aliphatic rings. The highest BCUT2D eigenvalue weighted by Crippen LogP contribution is 2.16. The summed E-state index contributed by atoms with van der Waals surface area (Å²) in [5.74, 6) is 0.109. The normalized spacial score (nSPS) is 20.9. The van der Waals surface area contributed by atoms with Crippen molar-refractivity contribution < 1.29 is 19.1 Å². The number of nitrogens with one attached hydrogen (secondary N) is 2. The Morgan fingerprint density at radius 3 is 2.65 bits per heavy atom. The van der Waals surface area contributed by atoms with Gasteiger partial charge in [-0.1, -0.05) is 30.3 Å². The predicted molar refractivity (Wildman–Crippen MR) is 95.1 cm³/mol. The average molecular weight is 359 g/mol. The molecule has 7 heteroatoms. The molecule has 7 nitrogen and oxygen atoms in total. The van der Waals surface area contributed by atoms with Crippen molar-refractivity contribution in [3.05, 3.63) is 35.9 Å². The first-order valence-corrected chi connectivity index (χ1v) is 9.13. The third-order valence-corrected chi connectivity index (χ3v) is 4.88. The van der Waals surface area contributed by atoms with Crippen molar-refractivity contribution in [1.29, 1.82) is 0 Å². The van der Waals surface area contributed by atoms with E-state index in [1.165, 1.54) is 4.90 Å². The van der Waals surface area contributed by atoms with Crippen molar-refractivity contribution in [1.82, 2.24) is 15.5 Å². The quantitative estimate of drug-likeness (QED) is 0.721. The molecule has 2 fully saturated rings. The molecule has 4 amide bonds. The molecule has 1 unspecified atom stereocenters. The Kier molecular flexibility index (Phi) is 6.22. The van der Waals surface area contributed by atoms with E-state index in [9.17, 15) is 14.4 Å². The average Bonchev–Trinajstić information content (AvgIpc) is 2.94. The largest absolute Gasteiger partial charge is 0.381 e. The molecule has 0 bridgehead atoms. The fourth-order valence-electron chi connectivity index (χ4n) is 3.26. The van der Waals surface area contributed by atoms with Gasteiger partial charge in [0.15, 0.2) is 0 Å². The Balaban J connectivity index is 1.42. The van der Waals surface area contributed by atoms with E-state index in [1.807, 2.05) is 30.3 Å². The van der Waals surface area contributed by atoms with Crippen LogP contribution < -0.4 is 10.6 Å². The summed E-state index contributed by atoms with van der Waals surface area (Å²) in [4.78, 5) is 37.7. The van der Waals surface area contributed by atoms with E-state index in [-0.39, 0.29) is 24.8 Å². The van der Waals surface area contributed by atoms with Gasteiger partial charge in [-0.05, 0) is 30.7 Å². The second-order valence-electron chi connectivity index (χ2n) is 6.81. The maximum absolute atomic E-state index is 12.4. The molecule has 0 aromatic heterocycles. The van der Waals surface area contributed by atoms with Crippen molar-refractivity contribution in [3.8, 4) is 0 Å². The van der Waals surface area contributed by atoms with Crippen molar-refractivity contribution in [3.63, 3.8) is 0 Å². The molecule has 3 rings (SSSR count). The van der Waals surface area contributed by atoms with Gasteiger partial charge in [-0.15, -0.1) is 0 Å². The maximum atomic E-state index is 12.4. The van der Waals surface area contributed by atoms with Crippen LogP contribution in [0.5, 0.6) is 0 Å². The highest BCUT2D eigenvalue weighted by molar-refractivity contribution is 6.04. The van der Waals surface area contributed by atoms with Crippen LogP contribution in [0.15, 0.2) is 30.3 Å². The van der Waals surface area contributed by atoms with E-state index in [0.717, 1.165) is 31.6 Å². The molecule has 26 heavy (non-hydrogen) atoms. The number of imide groups is 1. The molecule has 2 aliphatic heterocycles. The molecule has 140 valence electrons. The molecule has 1 atom stereocenters. The first kappa shape index (κ1) is 18.4. The molecule has 2 saturated heterocycles. The van der Waals surface area contributed by atoms with Gasteiger partial charge in [0.1, 0.15) is 6.04 Å². The smallest absolute Gasteiger partial charge is 0.325 e. The minimum atomic E-state index is -0.625. The number of carbonyl (C=O) groups excluding carboxylic acids is 3. The summed E-state index contributed by atoms with van der Waals surface area (Å²) in [6.07, 6.45) is 2.46. The lowest BCUT2D eigenvalue weighted by molar-refractivity contribution is -0.128. The van der Waals surface area contributed by atoms with E-state index in [4.69, 9.17) is 4.74 Å². The van der Waals surface area contributed by atoms with Gasteiger partial charge in [0, 0.05) is 26.2 Å². The summed E-state index contributed by atoms with van der Waals surface area (Å²) in [6.45, 7) is 2.39. The van der Waals surface area contributed by atoms with Crippen LogP contribution in [-0.2, 0) is 20.9 Å². The van der Waals surface area contributed by atoms with Crippen LogP contribution in [0, 0.1) is 5.92 Å². The Morgan fingerprint density at radius 1 is 1.19 bits per heavy atom. The predicted octanol–water partition coefficient (Wildman–Crippen LogP) is 1.43. The van der Waals surface area contributed by atoms with E-state index in [2.05, 4.69) is 10.6 Å². The molecule has 2 N–H and O–H groups in total. The van der Waals surface area contributed by atoms with E-state index < -0.39 is 12.1 Å². The summed E-state index contributed by atoms with van der Waals surface area (Å²) in [6, 6.07) is 8.35. The lowest BCUT2D eigenvalue weighted by Crippen LogP contribution is -2.35. The topological polar surface area (TPSA) is 87.7 Å². The molecule has 0 saturated carbocycles.